The number of hydrogen-bond donors (Lipinski definition) is 0. The van der Waals surface area contributed by atoms with Crippen molar-refractivity contribution in [1.82, 2.24) is 4.90 Å². The predicted molar refractivity (Wildman–Crippen MR) is 124 cm³/mol. The summed E-state index contributed by atoms with van der Waals surface area (Å²) in [5, 5.41) is 1.11. The van der Waals surface area contributed by atoms with Crippen LogP contribution in [0.25, 0.3) is 17.4 Å². The van der Waals surface area contributed by atoms with Crippen LogP contribution in [-0.4, -0.2) is 15.1 Å². The van der Waals surface area contributed by atoms with Gasteiger partial charge < -0.3 is 4.42 Å². The molecule has 1 saturated heterocycles. The summed E-state index contributed by atoms with van der Waals surface area (Å²) in [5.41, 5.74) is 1.73. The molecular formula is C22H15Cl2NO2S2. The lowest BCUT2D eigenvalue weighted by molar-refractivity contribution is -0.123. The van der Waals surface area contributed by atoms with Crippen molar-refractivity contribution < 1.29 is 9.21 Å². The number of furan rings is 1. The van der Waals surface area contributed by atoms with Crippen molar-refractivity contribution in [2.75, 3.05) is 0 Å². The van der Waals surface area contributed by atoms with E-state index in [1.807, 2.05) is 37.3 Å². The molecule has 0 unspecified atom stereocenters. The maximum Gasteiger partial charge on any atom is 0.266 e. The van der Waals surface area contributed by atoms with Gasteiger partial charge in [0, 0.05) is 16.7 Å². The molecule has 2 heterocycles. The van der Waals surface area contributed by atoms with E-state index in [-0.39, 0.29) is 11.9 Å². The molecule has 0 radical (unpaired) electrons. The van der Waals surface area contributed by atoms with E-state index >= 15 is 0 Å². The highest BCUT2D eigenvalue weighted by atomic mass is 35.5. The Labute approximate surface area is 188 Å². The van der Waals surface area contributed by atoms with Crippen molar-refractivity contribution in [3.05, 3.63) is 86.9 Å². The van der Waals surface area contributed by atoms with E-state index in [4.69, 9.17) is 39.8 Å². The van der Waals surface area contributed by atoms with E-state index < -0.39 is 0 Å². The third kappa shape index (κ3) is 4.14. The summed E-state index contributed by atoms with van der Waals surface area (Å²) < 4.78 is 6.41. The van der Waals surface area contributed by atoms with Crippen LogP contribution in [0.5, 0.6) is 0 Å². The Morgan fingerprint density at radius 2 is 1.86 bits per heavy atom. The predicted octanol–water partition coefficient (Wildman–Crippen LogP) is 7.22. The monoisotopic (exact) mass is 459 g/mol. The molecule has 0 saturated carbocycles. The van der Waals surface area contributed by atoms with Gasteiger partial charge in [-0.1, -0.05) is 77.5 Å². The molecule has 3 aromatic rings. The van der Waals surface area contributed by atoms with Gasteiger partial charge in [-0.15, -0.1) is 0 Å². The van der Waals surface area contributed by atoms with E-state index in [2.05, 4.69) is 0 Å². The van der Waals surface area contributed by atoms with Crippen LogP contribution in [0.3, 0.4) is 0 Å². The molecule has 29 heavy (non-hydrogen) atoms. The zero-order chi connectivity index (χ0) is 20.5. The Balaban J connectivity index is 1.60. The Morgan fingerprint density at radius 1 is 1.10 bits per heavy atom. The molecule has 1 amide bonds. The summed E-state index contributed by atoms with van der Waals surface area (Å²) in [7, 11) is 0. The third-order valence-electron chi connectivity index (χ3n) is 4.59. The number of amides is 1. The van der Waals surface area contributed by atoms with Crippen molar-refractivity contribution in [1.29, 1.82) is 0 Å². The Kier molecular flexibility index (Phi) is 5.83. The van der Waals surface area contributed by atoms with Crippen LogP contribution in [0.1, 0.15) is 24.3 Å². The molecule has 0 N–H and O–H groups in total. The zero-order valence-corrected chi connectivity index (χ0v) is 18.4. The number of halogens is 2. The molecule has 0 bridgehead atoms. The van der Waals surface area contributed by atoms with Crippen LogP contribution in [0.2, 0.25) is 10.0 Å². The number of thiocarbonyl (C=S) groups is 1. The fourth-order valence-corrected chi connectivity index (χ4v) is 4.87. The molecule has 4 rings (SSSR count). The Morgan fingerprint density at radius 3 is 2.62 bits per heavy atom. The number of thioether (sulfide) groups is 1. The Hall–Kier alpha value is -2.05. The molecule has 1 fully saturated rings. The van der Waals surface area contributed by atoms with E-state index in [9.17, 15) is 4.79 Å². The summed E-state index contributed by atoms with van der Waals surface area (Å²) in [6.45, 7) is 1.97. The minimum absolute atomic E-state index is 0.130. The first kappa shape index (κ1) is 20.2. The highest BCUT2D eigenvalue weighted by Crippen LogP contribution is 2.39. The highest BCUT2D eigenvalue weighted by molar-refractivity contribution is 8.26. The van der Waals surface area contributed by atoms with Crippen molar-refractivity contribution in [3.8, 4) is 11.3 Å². The van der Waals surface area contributed by atoms with Gasteiger partial charge in [-0.2, -0.15) is 0 Å². The highest BCUT2D eigenvalue weighted by Gasteiger charge is 2.36. The fraction of sp³-hybridized carbons (Fsp3) is 0.0909. The topological polar surface area (TPSA) is 33.5 Å². The first-order valence-corrected chi connectivity index (χ1v) is 10.8. The van der Waals surface area contributed by atoms with Gasteiger partial charge in [-0.25, -0.2) is 0 Å². The summed E-state index contributed by atoms with van der Waals surface area (Å²) in [6.07, 6.45) is 1.71. The number of nitrogens with zero attached hydrogens (tertiary/aromatic N) is 1. The SMILES string of the molecule is C[C@@H](c1ccccc1)N1C(=O)/C(=C\c2ccc(-c3cc(Cl)ccc3Cl)o2)SC1=S. The quantitative estimate of drug-likeness (QED) is 0.304. The number of carbonyl (C=O) groups excluding carboxylic acids is 1. The second-order valence-corrected chi connectivity index (χ2v) is 8.98. The molecule has 0 spiro atoms. The number of benzene rings is 2. The van der Waals surface area contributed by atoms with Gasteiger partial charge >= 0.3 is 0 Å². The van der Waals surface area contributed by atoms with Gasteiger partial charge in [-0.05, 0) is 42.8 Å². The largest absolute Gasteiger partial charge is 0.457 e. The average Bonchev–Trinajstić information content (AvgIpc) is 3.28. The van der Waals surface area contributed by atoms with Crippen LogP contribution in [0.4, 0.5) is 0 Å². The molecular weight excluding hydrogens is 445 g/mol. The Bertz CT molecular complexity index is 1120. The molecule has 3 nitrogen and oxygen atoms in total. The summed E-state index contributed by atoms with van der Waals surface area (Å²) >= 11 is 19.0. The van der Waals surface area contributed by atoms with Gasteiger partial charge in [0.2, 0.25) is 0 Å². The maximum atomic E-state index is 13.0. The fourth-order valence-electron chi connectivity index (χ4n) is 3.09. The van der Waals surface area contributed by atoms with E-state index in [0.29, 0.717) is 36.4 Å². The van der Waals surface area contributed by atoms with Crippen LogP contribution >= 0.6 is 47.2 Å². The normalized spacial score (nSPS) is 16.7. The van der Waals surface area contributed by atoms with Crippen LogP contribution < -0.4 is 0 Å². The van der Waals surface area contributed by atoms with Gasteiger partial charge in [-0.3, -0.25) is 9.69 Å². The molecule has 0 aliphatic carbocycles. The van der Waals surface area contributed by atoms with E-state index in [1.165, 1.54) is 11.8 Å². The van der Waals surface area contributed by atoms with Gasteiger partial charge in [0.1, 0.15) is 15.8 Å². The lowest BCUT2D eigenvalue weighted by Gasteiger charge is -2.23. The molecule has 7 heteroatoms. The lowest BCUT2D eigenvalue weighted by Crippen LogP contribution is -2.30. The third-order valence-corrected chi connectivity index (χ3v) is 6.48. The average molecular weight is 460 g/mol. The molecule has 1 aliphatic rings. The van der Waals surface area contributed by atoms with Gasteiger partial charge in [0.25, 0.3) is 5.91 Å². The minimum atomic E-state index is -0.146. The summed E-state index contributed by atoms with van der Waals surface area (Å²) in [6, 6.07) is 18.4. The van der Waals surface area contributed by atoms with Crippen molar-refractivity contribution in [2.45, 2.75) is 13.0 Å². The second kappa shape index (κ2) is 8.36. The molecule has 1 aliphatic heterocycles. The first-order chi connectivity index (χ1) is 13.9. The standard InChI is InChI=1S/C22H15Cl2NO2S2/c1-13(14-5-3-2-4-6-14)25-21(26)20(29-22(25)28)12-16-8-10-19(27-16)17-11-15(23)7-9-18(17)24/h2-13H,1H3/b20-12+/t13-/m0/s1. The molecule has 2 aromatic carbocycles. The van der Waals surface area contributed by atoms with Crippen LogP contribution in [0.15, 0.2) is 70.0 Å². The van der Waals surface area contributed by atoms with Crippen molar-refractivity contribution in [2.24, 2.45) is 0 Å². The number of hydrogen-bond acceptors (Lipinski definition) is 4. The smallest absolute Gasteiger partial charge is 0.266 e. The lowest BCUT2D eigenvalue weighted by atomic mass is 10.1. The summed E-state index contributed by atoms with van der Waals surface area (Å²) in [5.74, 6) is 0.996. The van der Waals surface area contributed by atoms with Gasteiger partial charge in [0.05, 0.1) is 16.0 Å². The summed E-state index contributed by atoms with van der Waals surface area (Å²) in [4.78, 5) is 15.1. The van der Waals surface area contributed by atoms with E-state index in [0.717, 1.165) is 5.56 Å². The van der Waals surface area contributed by atoms with Crippen molar-refractivity contribution >= 4 is 63.5 Å². The first-order valence-electron chi connectivity index (χ1n) is 8.81. The molecule has 146 valence electrons. The minimum Gasteiger partial charge on any atom is -0.457 e. The van der Waals surface area contributed by atoms with Crippen LogP contribution in [-0.2, 0) is 4.79 Å². The molecule has 1 aromatic heterocycles. The second-order valence-electron chi connectivity index (χ2n) is 6.46. The van der Waals surface area contributed by atoms with Crippen LogP contribution in [0, 0.1) is 0 Å². The number of rotatable bonds is 4. The maximum absolute atomic E-state index is 13.0. The number of carbonyl (C=O) groups is 1. The zero-order valence-electron chi connectivity index (χ0n) is 15.3. The van der Waals surface area contributed by atoms with Gasteiger partial charge in [0.15, 0.2) is 0 Å². The molecule has 1 atom stereocenters. The van der Waals surface area contributed by atoms with Crippen molar-refractivity contribution in [3.63, 3.8) is 0 Å². The van der Waals surface area contributed by atoms with E-state index in [1.54, 1.807) is 41.3 Å².